The molecule has 3 aromatic rings. The van der Waals surface area contributed by atoms with Gasteiger partial charge in [0.2, 0.25) is 0 Å². The number of benzene rings is 2. The average molecular weight is 417 g/mol. The molecular weight excluding hydrogens is 398 g/mol. The standard InChI is InChI=1S/C23H19N3O5/c1-14-6-2-5-9-18(14)25-19(10-12-24-25)20-17(11-13-30-20)23(29)31-26-21(27)15-7-3-4-8-16(15)22(26)28/h2-10,12,17,20H,11,13H2,1H3/t17-,20-/m1/s1. The normalized spacial score (nSPS) is 20.2. The van der Waals surface area contributed by atoms with Gasteiger partial charge in [-0.2, -0.15) is 5.10 Å². The maximum Gasteiger partial charge on any atom is 0.339 e. The van der Waals surface area contributed by atoms with Gasteiger partial charge in [0.15, 0.2) is 0 Å². The number of hydrogen-bond acceptors (Lipinski definition) is 6. The highest BCUT2D eigenvalue weighted by atomic mass is 16.7. The van der Waals surface area contributed by atoms with Gasteiger partial charge in [0.1, 0.15) is 6.10 Å². The predicted molar refractivity (Wildman–Crippen MR) is 108 cm³/mol. The number of amides is 2. The van der Waals surface area contributed by atoms with Crippen molar-refractivity contribution in [1.82, 2.24) is 14.8 Å². The van der Waals surface area contributed by atoms with Gasteiger partial charge in [-0.05, 0) is 43.2 Å². The van der Waals surface area contributed by atoms with E-state index >= 15 is 0 Å². The molecule has 2 amide bonds. The molecule has 0 bridgehead atoms. The topological polar surface area (TPSA) is 90.7 Å². The van der Waals surface area contributed by atoms with E-state index in [9.17, 15) is 14.4 Å². The van der Waals surface area contributed by atoms with Crippen LogP contribution in [0.4, 0.5) is 0 Å². The van der Waals surface area contributed by atoms with Crippen molar-refractivity contribution < 1.29 is 24.0 Å². The van der Waals surface area contributed by atoms with Crippen molar-refractivity contribution in [3.8, 4) is 5.69 Å². The number of imide groups is 1. The highest BCUT2D eigenvalue weighted by Gasteiger charge is 2.44. The zero-order valence-electron chi connectivity index (χ0n) is 16.7. The molecule has 2 aliphatic heterocycles. The lowest BCUT2D eigenvalue weighted by atomic mass is 9.99. The van der Waals surface area contributed by atoms with Crippen LogP contribution >= 0.6 is 0 Å². The van der Waals surface area contributed by atoms with Crippen molar-refractivity contribution in [1.29, 1.82) is 0 Å². The van der Waals surface area contributed by atoms with Crippen LogP contribution < -0.4 is 0 Å². The lowest BCUT2D eigenvalue weighted by Gasteiger charge is -2.21. The molecule has 8 heteroatoms. The minimum Gasteiger partial charge on any atom is -0.371 e. The van der Waals surface area contributed by atoms with E-state index in [-0.39, 0.29) is 11.1 Å². The van der Waals surface area contributed by atoms with Gasteiger partial charge in [0, 0.05) is 12.8 Å². The second-order valence-corrected chi connectivity index (χ2v) is 7.50. The van der Waals surface area contributed by atoms with Gasteiger partial charge in [-0.1, -0.05) is 35.4 Å². The number of para-hydroxylation sites is 1. The Labute approximate surface area is 177 Å². The van der Waals surface area contributed by atoms with E-state index in [1.165, 1.54) is 12.1 Å². The van der Waals surface area contributed by atoms with E-state index in [4.69, 9.17) is 9.57 Å². The highest BCUT2D eigenvalue weighted by molar-refractivity contribution is 6.20. The molecule has 0 spiro atoms. The molecule has 31 heavy (non-hydrogen) atoms. The third-order valence-electron chi connectivity index (χ3n) is 5.64. The molecule has 0 unspecified atom stereocenters. The Morgan fingerprint density at radius 3 is 2.42 bits per heavy atom. The summed E-state index contributed by atoms with van der Waals surface area (Å²) in [6, 6.07) is 15.9. The van der Waals surface area contributed by atoms with E-state index in [0.29, 0.717) is 23.8 Å². The van der Waals surface area contributed by atoms with E-state index in [2.05, 4.69) is 5.10 Å². The summed E-state index contributed by atoms with van der Waals surface area (Å²) in [6.07, 6.45) is 1.45. The maximum absolute atomic E-state index is 13.0. The number of hydroxylamine groups is 2. The average Bonchev–Trinajstić information content (AvgIpc) is 3.50. The van der Waals surface area contributed by atoms with Crippen LogP contribution in [0.15, 0.2) is 60.8 Å². The van der Waals surface area contributed by atoms with Gasteiger partial charge in [-0.25, -0.2) is 9.48 Å². The molecule has 0 N–H and O–H groups in total. The number of fused-ring (bicyclic) bond motifs is 1. The summed E-state index contributed by atoms with van der Waals surface area (Å²) in [5.41, 5.74) is 3.05. The van der Waals surface area contributed by atoms with Crippen LogP contribution in [0, 0.1) is 12.8 Å². The zero-order chi connectivity index (χ0) is 21.5. The molecule has 0 saturated carbocycles. The number of carbonyl (C=O) groups is 3. The monoisotopic (exact) mass is 417 g/mol. The van der Waals surface area contributed by atoms with Crippen molar-refractivity contribution in [2.75, 3.05) is 6.61 Å². The Bertz CT molecular complexity index is 1170. The summed E-state index contributed by atoms with van der Waals surface area (Å²) in [4.78, 5) is 43.3. The molecule has 156 valence electrons. The van der Waals surface area contributed by atoms with Crippen molar-refractivity contribution in [2.24, 2.45) is 5.92 Å². The number of ether oxygens (including phenoxy) is 1. The number of nitrogens with zero attached hydrogens (tertiary/aromatic N) is 3. The Balaban J connectivity index is 1.40. The van der Waals surface area contributed by atoms with Gasteiger partial charge in [0.05, 0.1) is 28.4 Å². The van der Waals surface area contributed by atoms with Crippen LogP contribution in [0.3, 0.4) is 0 Å². The van der Waals surface area contributed by atoms with Crippen LogP contribution in [-0.4, -0.2) is 39.2 Å². The number of rotatable bonds is 4. The summed E-state index contributed by atoms with van der Waals surface area (Å²) in [6.45, 7) is 2.33. The lowest BCUT2D eigenvalue weighted by Crippen LogP contribution is -2.36. The second-order valence-electron chi connectivity index (χ2n) is 7.50. The fourth-order valence-electron chi connectivity index (χ4n) is 4.06. The van der Waals surface area contributed by atoms with Crippen LogP contribution in [0.25, 0.3) is 5.69 Å². The first kappa shape index (κ1) is 19.2. The number of aryl methyl sites for hydroxylation is 1. The summed E-state index contributed by atoms with van der Waals surface area (Å²) in [5, 5.41) is 4.95. The van der Waals surface area contributed by atoms with Gasteiger partial charge in [-0.15, -0.1) is 0 Å². The fourth-order valence-corrected chi connectivity index (χ4v) is 4.06. The van der Waals surface area contributed by atoms with E-state index < -0.39 is 29.8 Å². The van der Waals surface area contributed by atoms with Gasteiger partial charge in [0.25, 0.3) is 11.8 Å². The van der Waals surface area contributed by atoms with Crippen molar-refractivity contribution in [3.05, 3.63) is 83.2 Å². The molecule has 3 heterocycles. The summed E-state index contributed by atoms with van der Waals surface area (Å²) >= 11 is 0. The quantitative estimate of drug-likeness (QED) is 0.606. The number of aromatic nitrogens is 2. The smallest absolute Gasteiger partial charge is 0.339 e. The molecule has 8 nitrogen and oxygen atoms in total. The fraction of sp³-hybridized carbons (Fsp3) is 0.217. The van der Waals surface area contributed by atoms with Crippen molar-refractivity contribution in [3.63, 3.8) is 0 Å². The molecule has 2 aromatic carbocycles. The lowest BCUT2D eigenvalue weighted by molar-refractivity contribution is -0.175. The molecule has 2 aliphatic rings. The first-order valence-corrected chi connectivity index (χ1v) is 9.97. The molecular formula is C23H19N3O5. The van der Waals surface area contributed by atoms with E-state index in [1.807, 2.05) is 31.2 Å². The largest absolute Gasteiger partial charge is 0.371 e. The number of hydrogen-bond donors (Lipinski definition) is 0. The first-order valence-electron chi connectivity index (χ1n) is 9.97. The Morgan fingerprint density at radius 2 is 1.71 bits per heavy atom. The summed E-state index contributed by atoms with van der Waals surface area (Å²) in [5.74, 6) is -2.65. The zero-order valence-corrected chi connectivity index (χ0v) is 16.7. The van der Waals surface area contributed by atoms with Crippen molar-refractivity contribution in [2.45, 2.75) is 19.4 Å². The van der Waals surface area contributed by atoms with Gasteiger partial charge >= 0.3 is 5.97 Å². The van der Waals surface area contributed by atoms with Gasteiger partial charge in [-0.3, -0.25) is 9.59 Å². The van der Waals surface area contributed by atoms with Crippen LogP contribution in [-0.2, 0) is 14.4 Å². The second kappa shape index (κ2) is 7.48. The molecule has 1 saturated heterocycles. The minimum absolute atomic E-state index is 0.220. The SMILES string of the molecule is Cc1ccccc1-n1nccc1[C@@H]1OCC[C@H]1C(=O)ON1C(=O)c2ccccc2C1=O. The molecule has 2 atom stereocenters. The van der Waals surface area contributed by atoms with Crippen LogP contribution in [0.2, 0.25) is 0 Å². The van der Waals surface area contributed by atoms with Crippen molar-refractivity contribution >= 4 is 17.8 Å². The van der Waals surface area contributed by atoms with E-state index in [0.717, 1.165) is 11.3 Å². The molecule has 5 rings (SSSR count). The maximum atomic E-state index is 13.0. The molecule has 0 aliphatic carbocycles. The summed E-state index contributed by atoms with van der Waals surface area (Å²) in [7, 11) is 0. The Morgan fingerprint density at radius 1 is 1.03 bits per heavy atom. The first-order chi connectivity index (χ1) is 15.1. The number of carbonyl (C=O) groups excluding carboxylic acids is 3. The third-order valence-corrected chi connectivity index (χ3v) is 5.64. The summed E-state index contributed by atoms with van der Waals surface area (Å²) < 4.78 is 7.61. The van der Waals surface area contributed by atoms with E-state index in [1.54, 1.807) is 29.1 Å². The molecule has 0 radical (unpaired) electrons. The molecule has 1 aromatic heterocycles. The van der Waals surface area contributed by atoms with Gasteiger partial charge < -0.3 is 9.57 Å². The Hall–Kier alpha value is -3.78. The van der Waals surface area contributed by atoms with Crippen LogP contribution in [0.5, 0.6) is 0 Å². The third kappa shape index (κ3) is 3.12. The predicted octanol–water partition coefficient (Wildman–Crippen LogP) is 3.01. The van der Waals surface area contributed by atoms with Crippen LogP contribution in [0.1, 0.15) is 44.5 Å². The minimum atomic E-state index is -0.686. The molecule has 1 fully saturated rings. The highest BCUT2D eigenvalue weighted by Crippen LogP contribution is 2.37. The Kier molecular flexibility index (Phi) is 4.63.